The first-order valence-corrected chi connectivity index (χ1v) is 5.71. The third-order valence-corrected chi connectivity index (χ3v) is 2.57. The Hall–Kier alpha value is -1.63. The molecular formula is C12H16F2N2O3. The highest BCUT2D eigenvalue weighted by atomic mass is 19.3. The maximum atomic E-state index is 13.0. The molecule has 0 aliphatic heterocycles. The lowest BCUT2D eigenvalue weighted by molar-refractivity contribution is 0.0103. The minimum absolute atomic E-state index is 0.0818. The number of halogens is 2. The highest BCUT2D eigenvalue weighted by Crippen LogP contribution is 2.26. The number of carbonyl (C=O) groups excluding carboxylic acids is 1. The summed E-state index contributed by atoms with van der Waals surface area (Å²) in [6, 6.07) is 0. The van der Waals surface area contributed by atoms with E-state index in [9.17, 15) is 13.6 Å². The molecule has 5 nitrogen and oxygen atoms in total. The van der Waals surface area contributed by atoms with Crippen LogP contribution in [0.5, 0.6) is 0 Å². The molecule has 0 radical (unpaired) electrons. The van der Waals surface area contributed by atoms with Gasteiger partial charge in [-0.15, -0.1) is 0 Å². The van der Waals surface area contributed by atoms with Crippen molar-refractivity contribution in [2.45, 2.75) is 32.8 Å². The van der Waals surface area contributed by atoms with Crippen molar-refractivity contribution in [1.82, 2.24) is 9.97 Å². The van der Waals surface area contributed by atoms with Gasteiger partial charge >= 0.3 is 5.97 Å². The van der Waals surface area contributed by atoms with E-state index in [0.717, 1.165) is 6.20 Å². The van der Waals surface area contributed by atoms with Gasteiger partial charge in [-0.2, -0.15) is 0 Å². The lowest BCUT2D eigenvalue weighted by Crippen LogP contribution is -2.25. The molecule has 0 saturated heterocycles. The van der Waals surface area contributed by atoms with Crippen LogP contribution in [0.2, 0.25) is 0 Å². The van der Waals surface area contributed by atoms with Gasteiger partial charge in [-0.1, -0.05) is 0 Å². The molecule has 19 heavy (non-hydrogen) atoms. The van der Waals surface area contributed by atoms with E-state index in [-0.39, 0.29) is 18.0 Å². The van der Waals surface area contributed by atoms with Gasteiger partial charge in [0.05, 0.1) is 6.61 Å². The SMILES string of the molecule is CCOC(=O)c1cnc(C(C)(C)OC)nc1C(F)F. The van der Waals surface area contributed by atoms with Crippen LogP contribution in [0.4, 0.5) is 8.78 Å². The predicted molar refractivity (Wildman–Crippen MR) is 63.0 cm³/mol. The number of hydrogen-bond acceptors (Lipinski definition) is 5. The first-order chi connectivity index (χ1) is 8.83. The van der Waals surface area contributed by atoms with Gasteiger partial charge in [-0.3, -0.25) is 0 Å². The van der Waals surface area contributed by atoms with Gasteiger partial charge in [0.25, 0.3) is 6.43 Å². The van der Waals surface area contributed by atoms with Crippen LogP contribution in [0.15, 0.2) is 6.20 Å². The number of methoxy groups -OCH3 is 1. The Kier molecular flexibility index (Phi) is 4.88. The molecule has 0 unspecified atom stereocenters. The van der Waals surface area contributed by atoms with E-state index >= 15 is 0 Å². The number of alkyl halides is 2. The fraction of sp³-hybridized carbons (Fsp3) is 0.583. The summed E-state index contributed by atoms with van der Waals surface area (Å²) in [6.45, 7) is 4.96. The van der Waals surface area contributed by atoms with Crippen LogP contribution < -0.4 is 0 Å². The van der Waals surface area contributed by atoms with Crippen molar-refractivity contribution >= 4 is 5.97 Å². The van der Waals surface area contributed by atoms with Crippen LogP contribution in [-0.2, 0) is 15.1 Å². The number of nitrogens with zero attached hydrogens (tertiary/aromatic N) is 2. The first kappa shape index (κ1) is 15.4. The Morgan fingerprint density at radius 1 is 1.47 bits per heavy atom. The van der Waals surface area contributed by atoms with Crippen molar-refractivity contribution in [2.24, 2.45) is 0 Å². The van der Waals surface area contributed by atoms with Crippen molar-refractivity contribution in [3.05, 3.63) is 23.3 Å². The number of ether oxygens (including phenoxy) is 2. The minimum Gasteiger partial charge on any atom is -0.462 e. The average Bonchev–Trinajstić information content (AvgIpc) is 2.38. The zero-order valence-corrected chi connectivity index (χ0v) is 11.2. The Morgan fingerprint density at radius 3 is 2.58 bits per heavy atom. The van der Waals surface area contributed by atoms with Crippen LogP contribution in [0.3, 0.4) is 0 Å². The smallest absolute Gasteiger partial charge is 0.341 e. The molecule has 106 valence electrons. The molecule has 0 aromatic carbocycles. The lowest BCUT2D eigenvalue weighted by atomic mass is 10.1. The van der Waals surface area contributed by atoms with Crippen LogP contribution in [0, 0.1) is 0 Å². The number of rotatable bonds is 5. The van der Waals surface area contributed by atoms with Crippen LogP contribution in [-0.4, -0.2) is 29.7 Å². The van der Waals surface area contributed by atoms with Gasteiger partial charge in [0.15, 0.2) is 5.82 Å². The molecule has 0 aliphatic carbocycles. The standard InChI is InChI=1S/C12H16F2N2O3/c1-5-19-10(17)7-6-15-11(12(2,3)18-4)16-8(7)9(13)14/h6,9H,5H2,1-4H3. The van der Waals surface area contributed by atoms with Crippen LogP contribution in [0.25, 0.3) is 0 Å². The van der Waals surface area contributed by atoms with Gasteiger partial charge in [0.2, 0.25) is 0 Å². The van der Waals surface area contributed by atoms with E-state index in [2.05, 4.69) is 14.7 Å². The van der Waals surface area contributed by atoms with Gasteiger partial charge in [0, 0.05) is 13.3 Å². The summed E-state index contributed by atoms with van der Waals surface area (Å²) in [5, 5.41) is 0. The Morgan fingerprint density at radius 2 is 2.11 bits per heavy atom. The summed E-state index contributed by atoms with van der Waals surface area (Å²) in [7, 11) is 1.42. The zero-order valence-electron chi connectivity index (χ0n) is 11.2. The van der Waals surface area contributed by atoms with Gasteiger partial charge in [0.1, 0.15) is 16.9 Å². The highest BCUT2D eigenvalue weighted by molar-refractivity contribution is 5.90. The molecule has 1 rings (SSSR count). The Balaban J connectivity index is 3.26. The number of carbonyl (C=O) groups is 1. The maximum Gasteiger partial charge on any atom is 0.341 e. The molecule has 0 amide bonds. The molecule has 0 bridgehead atoms. The number of aromatic nitrogens is 2. The molecule has 0 N–H and O–H groups in total. The van der Waals surface area contributed by atoms with E-state index in [1.54, 1.807) is 20.8 Å². The lowest BCUT2D eigenvalue weighted by Gasteiger charge is -2.21. The molecule has 0 spiro atoms. The third-order valence-electron chi connectivity index (χ3n) is 2.57. The van der Waals surface area contributed by atoms with E-state index in [1.807, 2.05) is 0 Å². The first-order valence-electron chi connectivity index (χ1n) is 5.71. The van der Waals surface area contributed by atoms with Crippen molar-refractivity contribution in [3.63, 3.8) is 0 Å². The zero-order chi connectivity index (χ0) is 14.6. The van der Waals surface area contributed by atoms with Crippen molar-refractivity contribution in [2.75, 3.05) is 13.7 Å². The second-order valence-corrected chi connectivity index (χ2v) is 4.23. The van der Waals surface area contributed by atoms with Gasteiger partial charge in [-0.05, 0) is 20.8 Å². The molecule has 7 heteroatoms. The van der Waals surface area contributed by atoms with E-state index < -0.39 is 23.7 Å². The average molecular weight is 274 g/mol. The van der Waals surface area contributed by atoms with Gasteiger partial charge in [-0.25, -0.2) is 23.5 Å². The number of hydrogen-bond donors (Lipinski definition) is 0. The third kappa shape index (κ3) is 3.44. The minimum atomic E-state index is -2.89. The Bertz CT molecular complexity index is 464. The predicted octanol–water partition coefficient (Wildman–Crippen LogP) is 2.47. The summed E-state index contributed by atoms with van der Waals surface area (Å²) in [5.74, 6) is -0.780. The van der Waals surface area contributed by atoms with Gasteiger partial charge < -0.3 is 9.47 Å². The summed E-state index contributed by atoms with van der Waals surface area (Å²) >= 11 is 0. The van der Waals surface area contributed by atoms with Crippen molar-refractivity contribution in [1.29, 1.82) is 0 Å². The molecule has 1 aromatic rings. The monoisotopic (exact) mass is 274 g/mol. The maximum absolute atomic E-state index is 13.0. The second-order valence-electron chi connectivity index (χ2n) is 4.23. The summed E-state index contributed by atoms with van der Waals surface area (Å²) in [6.07, 6.45) is -1.85. The molecule has 0 saturated carbocycles. The van der Waals surface area contributed by atoms with E-state index in [1.165, 1.54) is 7.11 Å². The second kappa shape index (κ2) is 6.01. The highest BCUT2D eigenvalue weighted by Gasteiger charge is 2.28. The molecule has 0 fully saturated rings. The summed E-state index contributed by atoms with van der Waals surface area (Å²) < 4.78 is 35.7. The summed E-state index contributed by atoms with van der Waals surface area (Å²) in [4.78, 5) is 19.2. The van der Waals surface area contributed by atoms with Crippen LogP contribution in [0.1, 0.15) is 49.1 Å². The Labute approximate surface area is 110 Å². The van der Waals surface area contributed by atoms with Crippen molar-refractivity contribution in [3.8, 4) is 0 Å². The largest absolute Gasteiger partial charge is 0.462 e. The molecular weight excluding hydrogens is 258 g/mol. The van der Waals surface area contributed by atoms with Crippen LogP contribution >= 0.6 is 0 Å². The molecule has 1 heterocycles. The quantitative estimate of drug-likeness (QED) is 0.772. The normalized spacial score (nSPS) is 11.7. The molecule has 1 aromatic heterocycles. The van der Waals surface area contributed by atoms with Crippen molar-refractivity contribution < 1.29 is 23.0 Å². The molecule has 0 aliphatic rings. The summed E-state index contributed by atoms with van der Waals surface area (Å²) in [5.41, 5.74) is -1.89. The fourth-order valence-electron chi connectivity index (χ4n) is 1.31. The topological polar surface area (TPSA) is 61.3 Å². The van der Waals surface area contributed by atoms with E-state index in [4.69, 9.17) is 4.74 Å². The molecule has 0 atom stereocenters. The fourth-order valence-corrected chi connectivity index (χ4v) is 1.31. The van der Waals surface area contributed by atoms with E-state index in [0.29, 0.717) is 0 Å². The number of esters is 1.